The Morgan fingerprint density at radius 3 is 2.88 bits per heavy atom. The predicted molar refractivity (Wildman–Crippen MR) is 101 cm³/mol. The summed E-state index contributed by atoms with van der Waals surface area (Å²) >= 11 is 1.72. The maximum atomic E-state index is 12.6. The van der Waals surface area contributed by atoms with E-state index < -0.39 is 0 Å². The molecule has 0 aromatic carbocycles. The highest BCUT2D eigenvalue weighted by Crippen LogP contribution is 2.18. The smallest absolute Gasteiger partial charge is 0.246 e. The van der Waals surface area contributed by atoms with Crippen LogP contribution in [0.3, 0.4) is 0 Å². The Morgan fingerprint density at radius 2 is 2.28 bits per heavy atom. The van der Waals surface area contributed by atoms with Crippen LogP contribution in [-0.2, 0) is 18.4 Å². The third kappa shape index (κ3) is 4.01. The van der Waals surface area contributed by atoms with Crippen molar-refractivity contribution in [3.8, 4) is 0 Å². The molecule has 7 nitrogen and oxygen atoms in total. The van der Waals surface area contributed by atoms with Gasteiger partial charge in [0.2, 0.25) is 5.91 Å². The molecular weight excluding hydrogens is 336 g/mol. The molecule has 1 saturated heterocycles. The number of anilines is 1. The first-order chi connectivity index (χ1) is 12.1. The molecule has 25 heavy (non-hydrogen) atoms. The van der Waals surface area contributed by atoms with Crippen LogP contribution in [0.25, 0.3) is 0 Å². The number of carbonyl (C=O) groups excluding carboxylic acids is 1. The lowest BCUT2D eigenvalue weighted by Crippen LogP contribution is -2.55. The van der Waals surface area contributed by atoms with Crippen LogP contribution in [0.5, 0.6) is 0 Å². The third-order valence-corrected chi connectivity index (χ3v) is 5.21. The second-order valence-corrected chi connectivity index (χ2v) is 7.04. The van der Waals surface area contributed by atoms with Gasteiger partial charge in [0, 0.05) is 37.8 Å². The Labute approximate surface area is 152 Å². The van der Waals surface area contributed by atoms with Gasteiger partial charge < -0.3 is 15.1 Å². The number of aliphatic imine (C=N–C) groups is 1. The molecule has 0 bridgehead atoms. The van der Waals surface area contributed by atoms with Crippen LogP contribution in [0.1, 0.15) is 17.4 Å². The van der Waals surface area contributed by atoms with Crippen molar-refractivity contribution in [2.24, 2.45) is 12.0 Å². The van der Waals surface area contributed by atoms with Crippen molar-refractivity contribution in [1.29, 1.82) is 0 Å². The third-order valence-electron chi connectivity index (χ3n) is 4.20. The summed E-state index contributed by atoms with van der Waals surface area (Å²) in [7, 11) is 1.85. The number of hydrogen-bond acceptors (Lipinski definition) is 4. The van der Waals surface area contributed by atoms with E-state index in [1.54, 1.807) is 27.1 Å². The average molecular weight is 360 g/mol. The summed E-state index contributed by atoms with van der Waals surface area (Å²) in [5.41, 5.74) is 2.12. The van der Waals surface area contributed by atoms with E-state index in [-0.39, 0.29) is 5.91 Å². The molecule has 2 aromatic rings. The van der Waals surface area contributed by atoms with Crippen molar-refractivity contribution in [3.05, 3.63) is 34.3 Å². The summed E-state index contributed by atoms with van der Waals surface area (Å²) < 4.78 is 1.71. The molecule has 1 amide bonds. The van der Waals surface area contributed by atoms with E-state index in [0.29, 0.717) is 19.6 Å². The molecule has 0 atom stereocenters. The number of hydrogen-bond donors (Lipinski definition) is 1. The first kappa shape index (κ1) is 17.5. The summed E-state index contributed by atoms with van der Waals surface area (Å²) in [6.07, 6.45) is 3.60. The molecular formula is C17H24N6OS. The number of amides is 1. The minimum Gasteiger partial charge on any atom is -0.356 e. The quantitative estimate of drug-likeness (QED) is 0.664. The fraction of sp³-hybridized carbons (Fsp3) is 0.471. The van der Waals surface area contributed by atoms with Gasteiger partial charge in [-0.25, -0.2) is 4.99 Å². The maximum Gasteiger partial charge on any atom is 0.246 e. The van der Waals surface area contributed by atoms with Crippen molar-refractivity contribution < 1.29 is 4.79 Å². The van der Waals surface area contributed by atoms with Crippen LogP contribution in [-0.4, -0.2) is 52.7 Å². The Hall–Kier alpha value is -2.35. The van der Waals surface area contributed by atoms with E-state index in [2.05, 4.69) is 28.8 Å². The van der Waals surface area contributed by atoms with Crippen molar-refractivity contribution in [3.63, 3.8) is 0 Å². The Morgan fingerprint density at radius 1 is 1.44 bits per heavy atom. The van der Waals surface area contributed by atoms with E-state index in [9.17, 15) is 4.79 Å². The van der Waals surface area contributed by atoms with E-state index in [4.69, 9.17) is 4.99 Å². The highest BCUT2D eigenvalue weighted by molar-refractivity contribution is 7.10. The van der Waals surface area contributed by atoms with Gasteiger partial charge in [0.05, 0.1) is 18.4 Å². The molecule has 1 N–H and O–H groups in total. The SMILES string of the molecule is CCNC(=NCc1sccc1C)N1CCN(c2cnn(C)c2)C(=O)C1. The minimum absolute atomic E-state index is 0.0668. The fourth-order valence-electron chi connectivity index (χ4n) is 2.81. The molecule has 8 heteroatoms. The van der Waals surface area contributed by atoms with E-state index >= 15 is 0 Å². The lowest BCUT2D eigenvalue weighted by atomic mass is 10.3. The van der Waals surface area contributed by atoms with Crippen LogP contribution >= 0.6 is 11.3 Å². The molecule has 0 spiro atoms. The van der Waals surface area contributed by atoms with Gasteiger partial charge in [0.1, 0.15) is 6.54 Å². The number of guanidine groups is 1. The van der Waals surface area contributed by atoms with Gasteiger partial charge in [0.25, 0.3) is 0 Å². The van der Waals surface area contributed by atoms with Crippen LogP contribution in [0.15, 0.2) is 28.8 Å². The second-order valence-electron chi connectivity index (χ2n) is 6.04. The van der Waals surface area contributed by atoms with Gasteiger partial charge in [-0.3, -0.25) is 9.48 Å². The van der Waals surface area contributed by atoms with Crippen molar-refractivity contribution in [1.82, 2.24) is 20.0 Å². The van der Waals surface area contributed by atoms with Gasteiger partial charge in [0.15, 0.2) is 5.96 Å². The molecule has 0 saturated carbocycles. The molecule has 1 fully saturated rings. The molecule has 0 aliphatic carbocycles. The Balaban J connectivity index is 1.69. The van der Waals surface area contributed by atoms with Gasteiger partial charge in [-0.1, -0.05) is 0 Å². The zero-order valence-corrected chi connectivity index (χ0v) is 15.7. The number of aromatic nitrogens is 2. The number of aryl methyl sites for hydroxylation is 2. The number of thiophene rings is 1. The van der Waals surface area contributed by atoms with E-state index in [0.717, 1.165) is 24.7 Å². The number of carbonyl (C=O) groups is 1. The summed E-state index contributed by atoms with van der Waals surface area (Å²) in [6.45, 7) is 7.26. The lowest BCUT2D eigenvalue weighted by molar-refractivity contribution is -0.120. The fourth-order valence-corrected chi connectivity index (χ4v) is 3.64. The molecule has 0 radical (unpaired) electrons. The van der Waals surface area contributed by atoms with Crippen molar-refractivity contribution >= 4 is 28.9 Å². The number of nitrogens with zero attached hydrogens (tertiary/aromatic N) is 5. The van der Waals surface area contributed by atoms with Crippen molar-refractivity contribution in [2.75, 3.05) is 31.1 Å². The molecule has 2 aromatic heterocycles. The van der Waals surface area contributed by atoms with Crippen LogP contribution in [0.4, 0.5) is 5.69 Å². The Kier molecular flexibility index (Phi) is 5.37. The summed E-state index contributed by atoms with van der Waals surface area (Å²) in [5.74, 6) is 0.867. The molecule has 134 valence electrons. The molecule has 3 rings (SSSR count). The number of piperazine rings is 1. The van der Waals surface area contributed by atoms with E-state index in [1.165, 1.54) is 10.4 Å². The van der Waals surface area contributed by atoms with Gasteiger partial charge >= 0.3 is 0 Å². The number of rotatable bonds is 4. The van der Waals surface area contributed by atoms with Crippen LogP contribution in [0, 0.1) is 6.92 Å². The lowest BCUT2D eigenvalue weighted by Gasteiger charge is -2.35. The van der Waals surface area contributed by atoms with Crippen LogP contribution < -0.4 is 10.2 Å². The van der Waals surface area contributed by atoms with Gasteiger partial charge in [-0.05, 0) is 30.9 Å². The Bertz CT molecular complexity index is 765. The van der Waals surface area contributed by atoms with Crippen molar-refractivity contribution in [2.45, 2.75) is 20.4 Å². The molecule has 0 unspecified atom stereocenters. The topological polar surface area (TPSA) is 65.8 Å². The zero-order valence-electron chi connectivity index (χ0n) is 14.9. The molecule has 1 aliphatic rings. The van der Waals surface area contributed by atoms with Gasteiger partial charge in [-0.15, -0.1) is 11.3 Å². The minimum atomic E-state index is 0.0668. The molecule has 3 heterocycles. The summed E-state index contributed by atoms with van der Waals surface area (Å²) in [4.78, 5) is 22.4. The largest absolute Gasteiger partial charge is 0.356 e. The van der Waals surface area contributed by atoms with Crippen LogP contribution in [0.2, 0.25) is 0 Å². The average Bonchev–Trinajstić information content (AvgIpc) is 3.20. The monoisotopic (exact) mass is 360 g/mol. The first-order valence-electron chi connectivity index (χ1n) is 8.43. The van der Waals surface area contributed by atoms with E-state index in [1.807, 2.05) is 25.1 Å². The second kappa shape index (κ2) is 7.69. The standard InChI is InChI=1S/C17H24N6OS/c1-4-18-17(19-10-15-13(2)5-8-25-15)22-6-7-23(16(24)12-22)14-9-20-21(3)11-14/h5,8-9,11H,4,6-7,10,12H2,1-3H3,(H,18,19). The number of nitrogens with one attached hydrogen (secondary N) is 1. The summed E-state index contributed by atoms with van der Waals surface area (Å²) in [6, 6.07) is 2.11. The maximum absolute atomic E-state index is 12.6. The summed E-state index contributed by atoms with van der Waals surface area (Å²) in [5, 5.41) is 9.54. The highest BCUT2D eigenvalue weighted by atomic mass is 32.1. The first-order valence-corrected chi connectivity index (χ1v) is 9.31. The van der Waals surface area contributed by atoms with Gasteiger partial charge in [-0.2, -0.15) is 5.10 Å². The molecule has 1 aliphatic heterocycles. The predicted octanol–water partition coefficient (Wildman–Crippen LogP) is 1.60. The normalized spacial score (nSPS) is 15.8. The zero-order chi connectivity index (χ0) is 17.8. The highest BCUT2D eigenvalue weighted by Gasteiger charge is 2.27.